The predicted octanol–water partition coefficient (Wildman–Crippen LogP) is -9.83. The molecule has 0 saturated carbocycles. The molecule has 27 heteroatoms. The first-order valence-corrected chi connectivity index (χ1v) is 18.6. The molecule has 336 valence electrons. The molecule has 1 rings (SSSR count). The summed E-state index contributed by atoms with van der Waals surface area (Å²) >= 11 is 0. The van der Waals surface area contributed by atoms with Crippen LogP contribution in [0.15, 0.2) is 0 Å². The maximum absolute atomic E-state index is 13.3. The Kier molecular flexibility index (Phi) is 22.8. The summed E-state index contributed by atoms with van der Waals surface area (Å²) in [5.41, 5.74) is 20.9. The summed E-state index contributed by atoms with van der Waals surface area (Å²) < 4.78 is 0. The van der Waals surface area contributed by atoms with Crippen molar-refractivity contribution < 1.29 is 67.7 Å². The lowest BCUT2D eigenvalue weighted by atomic mass is 10.1. The maximum Gasteiger partial charge on any atom is 0.245 e. The molecule has 0 aromatic carbocycles. The molecule has 12 amide bonds. The van der Waals surface area contributed by atoms with E-state index < -0.39 is 153 Å². The number of aliphatic hydroxyl groups excluding tert-OH is 2. The third-order valence-corrected chi connectivity index (χ3v) is 8.54. The van der Waals surface area contributed by atoms with Crippen LogP contribution in [0.3, 0.4) is 0 Å². The molecular weight excluding hydrogens is 802 g/mol. The van der Waals surface area contributed by atoms with Gasteiger partial charge in [0.05, 0.1) is 32.7 Å². The summed E-state index contributed by atoms with van der Waals surface area (Å²) in [5.74, 6) is -10.9. The third kappa shape index (κ3) is 19.3. The van der Waals surface area contributed by atoms with Crippen molar-refractivity contribution >= 4 is 70.9 Å². The molecule has 60 heavy (non-hydrogen) atoms. The van der Waals surface area contributed by atoms with Gasteiger partial charge in [-0.25, -0.2) is 0 Å². The first-order chi connectivity index (χ1) is 28.2. The maximum atomic E-state index is 13.3. The van der Waals surface area contributed by atoms with Crippen molar-refractivity contribution in [3.05, 3.63) is 0 Å². The molecule has 1 fully saturated rings. The van der Waals surface area contributed by atoms with Crippen LogP contribution in [0.5, 0.6) is 0 Å². The Hall–Kier alpha value is -6.48. The van der Waals surface area contributed by atoms with Crippen molar-refractivity contribution in [3.63, 3.8) is 0 Å². The summed E-state index contributed by atoms with van der Waals surface area (Å²) in [4.78, 5) is 148. The topological polar surface area (TPSA) is 458 Å². The number of nitrogens with one attached hydrogen (secondary N) is 9. The highest BCUT2D eigenvalue weighted by molar-refractivity contribution is 5.98. The van der Waals surface area contributed by atoms with E-state index >= 15 is 0 Å². The number of carbonyl (C=O) groups excluding carboxylic acids is 12. The van der Waals surface area contributed by atoms with E-state index in [0.717, 1.165) is 0 Å². The van der Waals surface area contributed by atoms with E-state index in [0.29, 0.717) is 12.8 Å². The Morgan fingerprint density at radius 1 is 0.650 bits per heavy atom. The van der Waals surface area contributed by atoms with Crippen LogP contribution in [0.2, 0.25) is 0 Å². The van der Waals surface area contributed by atoms with E-state index in [2.05, 4.69) is 42.5 Å². The number of rotatable bonds is 28. The van der Waals surface area contributed by atoms with E-state index in [1.807, 2.05) is 5.32 Å². The van der Waals surface area contributed by atoms with Crippen LogP contribution >= 0.6 is 0 Å². The molecule has 1 aliphatic rings. The van der Waals surface area contributed by atoms with E-state index in [1.165, 1.54) is 6.92 Å². The molecule has 0 radical (unpaired) electrons. The molecule has 27 nitrogen and oxygen atoms in total. The zero-order valence-corrected chi connectivity index (χ0v) is 32.8. The molecule has 1 aliphatic heterocycles. The Labute approximate surface area is 342 Å². The molecule has 0 bridgehead atoms. The van der Waals surface area contributed by atoms with Crippen molar-refractivity contribution in [2.75, 3.05) is 32.8 Å². The van der Waals surface area contributed by atoms with Gasteiger partial charge in [0.1, 0.15) is 42.3 Å². The first kappa shape index (κ1) is 51.5. The minimum Gasteiger partial charge on any atom is -0.394 e. The van der Waals surface area contributed by atoms with Crippen LogP contribution in [0, 0.1) is 0 Å². The van der Waals surface area contributed by atoms with E-state index in [1.54, 1.807) is 0 Å². The Balaban J connectivity index is 2.86. The highest BCUT2D eigenvalue weighted by atomic mass is 16.3. The number of amides is 12. The summed E-state index contributed by atoms with van der Waals surface area (Å²) in [6.45, 7) is -1.97. The molecule has 0 aromatic rings. The quantitative estimate of drug-likeness (QED) is 0.0325. The molecule has 1 heterocycles. The van der Waals surface area contributed by atoms with Gasteiger partial charge in [-0.1, -0.05) is 0 Å². The monoisotopic (exact) mass is 857 g/mol. The molecule has 0 spiro atoms. The second-order valence-corrected chi connectivity index (χ2v) is 13.5. The van der Waals surface area contributed by atoms with Gasteiger partial charge in [0, 0.05) is 12.8 Å². The lowest BCUT2D eigenvalue weighted by Gasteiger charge is -2.25. The van der Waals surface area contributed by atoms with Gasteiger partial charge in [-0.05, 0) is 45.6 Å². The third-order valence-electron chi connectivity index (χ3n) is 8.54. The van der Waals surface area contributed by atoms with Gasteiger partial charge in [0.25, 0.3) is 0 Å². The van der Waals surface area contributed by atoms with Gasteiger partial charge in [0.2, 0.25) is 70.9 Å². The fourth-order valence-electron chi connectivity index (χ4n) is 5.21. The molecule has 19 N–H and O–H groups in total. The summed E-state index contributed by atoms with van der Waals surface area (Å²) in [6.07, 6.45) is -0.325. The smallest absolute Gasteiger partial charge is 0.245 e. The van der Waals surface area contributed by atoms with E-state index in [4.69, 9.17) is 22.9 Å². The van der Waals surface area contributed by atoms with Gasteiger partial charge >= 0.3 is 0 Å². The molecule has 0 aromatic heterocycles. The van der Waals surface area contributed by atoms with Gasteiger partial charge in [-0.2, -0.15) is 0 Å². The normalized spacial score (nSPS) is 16.1. The fourth-order valence-corrected chi connectivity index (χ4v) is 5.21. The fraction of sp³-hybridized carbons (Fsp3) is 0.636. The van der Waals surface area contributed by atoms with E-state index in [9.17, 15) is 67.7 Å². The van der Waals surface area contributed by atoms with Crippen molar-refractivity contribution in [1.29, 1.82) is 0 Å². The van der Waals surface area contributed by atoms with Gasteiger partial charge in [-0.15, -0.1) is 0 Å². The van der Waals surface area contributed by atoms with E-state index in [-0.39, 0.29) is 31.7 Å². The van der Waals surface area contributed by atoms with Gasteiger partial charge in [0.15, 0.2) is 0 Å². The number of unbranched alkanes of at least 4 members (excludes halogenated alkanes) is 1. The summed E-state index contributed by atoms with van der Waals surface area (Å²) in [6, 6.07) is -9.74. The van der Waals surface area contributed by atoms with Crippen LogP contribution in [-0.2, 0) is 57.5 Å². The van der Waals surface area contributed by atoms with Crippen LogP contribution in [0.4, 0.5) is 0 Å². The molecule has 7 atom stereocenters. The van der Waals surface area contributed by atoms with Crippen LogP contribution in [0.25, 0.3) is 0 Å². The summed E-state index contributed by atoms with van der Waals surface area (Å²) in [7, 11) is 0. The van der Waals surface area contributed by atoms with Crippen molar-refractivity contribution in [1.82, 2.24) is 47.9 Å². The second kappa shape index (κ2) is 26.5. The predicted molar refractivity (Wildman–Crippen MR) is 203 cm³/mol. The average molecular weight is 858 g/mol. The zero-order valence-electron chi connectivity index (χ0n) is 32.8. The van der Waals surface area contributed by atoms with Gasteiger partial charge in [-0.3, -0.25) is 57.5 Å². The number of aliphatic hydroxyl groups is 2. The number of hydrogen-bond donors (Lipinski definition) is 15. The zero-order chi connectivity index (χ0) is 45.5. The van der Waals surface area contributed by atoms with Crippen molar-refractivity contribution in [3.8, 4) is 0 Å². The largest absolute Gasteiger partial charge is 0.394 e. The number of carbonyl (C=O) groups is 12. The highest BCUT2D eigenvalue weighted by Gasteiger charge is 2.33. The van der Waals surface area contributed by atoms with Crippen LogP contribution < -0.4 is 70.8 Å². The number of primary amides is 3. The highest BCUT2D eigenvalue weighted by Crippen LogP contribution is 2.08. The Morgan fingerprint density at radius 2 is 1.18 bits per heavy atom. The van der Waals surface area contributed by atoms with Crippen molar-refractivity contribution in [2.24, 2.45) is 22.9 Å². The molecular formula is C33H55N13O14. The Morgan fingerprint density at radius 3 is 1.72 bits per heavy atom. The van der Waals surface area contributed by atoms with Crippen molar-refractivity contribution in [2.45, 2.75) is 101 Å². The minimum atomic E-state index is -1.71. The lowest BCUT2D eigenvalue weighted by molar-refractivity contribution is -0.135. The van der Waals surface area contributed by atoms with Crippen LogP contribution in [-0.4, -0.2) is 156 Å². The number of hydrogen-bond acceptors (Lipinski definition) is 15. The summed E-state index contributed by atoms with van der Waals surface area (Å²) in [5, 5.41) is 39.8. The molecule has 1 saturated heterocycles. The van der Waals surface area contributed by atoms with Gasteiger partial charge < -0.3 is 81.0 Å². The minimum absolute atomic E-state index is 0.0222. The first-order valence-electron chi connectivity index (χ1n) is 18.6. The molecule has 0 aliphatic carbocycles. The number of nitrogens with two attached hydrogens (primary N) is 4. The SMILES string of the molecule is C[C@H](NC(=O)[C@@H]1CCC(=O)N1)C(=O)N[C@@H](CCCCN)C(=O)N[C@@H](CO)C(=O)N[C@@H](CCC(N)=O)C(=O)NCC(=O)NCC(=O)N[C@@H](CO)C(=O)N[C@@H](CC(N)=O)C(N)=O. The average Bonchev–Trinajstić information content (AvgIpc) is 3.63. The molecule has 0 unspecified atom stereocenters. The Bertz CT molecular complexity index is 1610. The lowest BCUT2D eigenvalue weighted by Crippen LogP contribution is -2.59. The standard InChI is InChI=1S/C33H55N13O14/c1-15(40-30(57)18-6-8-24(51)41-18)28(55)43-16(4-2-3-9-34)31(58)46-21(14-48)33(60)44-17(5-7-22(35)49)29(56)39-11-25(52)38-12-26(53)42-20(13-47)32(59)45-19(27(37)54)10-23(36)50/h15-21,47-48H,2-14,34H2,1H3,(H2,35,49)(H2,36,50)(H2,37,54)(H,38,52)(H,39,56)(H,40,57)(H,41,51)(H,42,53)(H,43,55)(H,44,60)(H,45,59)(H,46,58)/t15-,16-,17-,18-,19-,20-,21-/m0/s1. The second-order valence-electron chi connectivity index (χ2n) is 13.5. The van der Waals surface area contributed by atoms with Crippen LogP contribution in [0.1, 0.15) is 58.3 Å².